The van der Waals surface area contributed by atoms with Gasteiger partial charge in [0, 0.05) is 0 Å². The fourth-order valence-electron chi connectivity index (χ4n) is 2.39. The van der Waals surface area contributed by atoms with Crippen LogP contribution < -0.4 is 10.5 Å². The summed E-state index contributed by atoms with van der Waals surface area (Å²) in [4.78, 5) is 10.9. The average Bonchev–Trinajstić information content (AvgIpc) is 2.34. The molecule has 1 aromatic carbocycles. The number of ether oxygens (including phenoxy) is 1. The van der Waals surface area contributed by atoms with Crippen molar-refractivity contribution >= 4 is 11.7 Å². The van der Waals surface area contributed by atoms with E-state index < -0.39 is 5.97 Å². The van der Waals surface area contributed by atoms with E-state index >= 15 is 0 Å². The molecule has 0 aliphatic heterocycles. The van der Waals surface area contributed by atoms with Crippen molar-refractivity contribution in [3.63, 3.8) is 0 Å². The maximum Gasteiger partial charge on any atom is 0.335 e. The van der Waals surface area contributed by atoms with Crippen molar-refractivity contribution in [2.45, 2.75) is 38.7 Å². The Bertz CT molecular complexity index is 445. The minimum absolute atomic E-state index is 0.144. The molecule has 0 heterocycles. The zero-order valence-electron chi connectivity index (χ0n) is 10.6. The van der Waals surface area contributed by atoms with E-state index in [-0.39, 0.29) is 11.7 Å². The van der Waals surface area contributed by atoms with E-state index in [4.69, 9.17) is 15.6 Å². The molecule has 0 aromatic heterocycles. The smallest absolute Gasteiger partial charge is 0.335 e. The number of hydrogen-bond donors (Lipinski definition) is 2. The lowest BCUT2D eigenvalue weighted by Crippen LogP contribution is -2.28. The van der Waals surface area contributed by atoms with Gasteiger partial charge >= 0.3 is 5.97 Å². The maximum atomic E-state index is 10.9. The van der Waals surface area contributed by atoms with Crippen LogP contribution in [0, 0.1) is 5.92 Å². The number of anilines is 1. The van der Waals surface area contributed by atoms with E-state index in [0.29, 0.717) is 17.4 Å². The van der Waals surface area contributed by atoms with Gasteiger partial charge in [-0.05, 0) is 43.4 Å². The number of nitrogen functional groups attached to an aromatic ring is 1. The Kier molecular flexibility index (Phi) is 3.75. The Morgan fingerprint density at radius 1 is 1.39 bits per heavy atom. The molecule has 1 aromatic rings. The molecule has 2 atom stereocenters. The summed E-state index contributed by atoms with van der Waals surface area (Å²) in [6.45, 7) is 2.17. The predicted octanol–water partition coefficient (Wildman–Crippen LogP) is 2.92. The standard InChI is InChI=1S/C14H19NO3/c1-9-4-2-3-5-12(9)18-13-8-10(14(16)17)6-7-11(13)15/h6-9,12H,2-5,15H2,1H3,(H,16,17). The molecule has 98 valence electrons. The van der Waals surface area contributed by atoms with Gasteiger partial charge in [0.15, 0.2) is 0 Å². The SMILES string of the molecule is CC1CCCCC1Oc1cc(C(=O)O)ccc1N. The van der Waals surface area contributed by atoms with E-state index in [1.807, 2.05) is 0 Å². The topological polar surface area (TPSA) is 72.5 Å². The predicted molar refractivity (Wildman–Crippen MR) is 69.9 cm³/mol. The summed E-state index contributed by atoms with van der Waals surface area (Å²) in [7, 11) is 0. The molecule has 4 heteroatoms. The van der Waals surface area contributed by atoms with E-state index in [0.717, 1.165) is 19.3 Å². The highest BCUT2D eigenvalue weighted by molar-refractivity contribution is 5.89. The lowest BCUT2D eigenvalue weighted by Gasteiger charge is -2.29. The lowest BCUT2D eigenvalue weighted by atomic mass is 9.88. The van der Waals surface area contributed by atoms with Crippen LogP contribution in [0.1, 0.15) is 43.0 Å². The van der Waals surface area contributed by atoms with E-state index in [9.17, 15) is 4.79 Å². The van der Waals surface area contributed by atoms with Crippen LogP contribution in [0.3, 0.4) is 0 Å². The second-order valence-corrected chi connectivity index (χ2v) is 4.98. The fraction of sp³-hybridized carbons (Fsp3) is 0.500. The minimum Gasteiger partial charge on any atom is -0.488 e. The number of carboxylic acids is 1. The summed E-state index contributed by atoms with van der Waals surface area (Å²) in [5, 5.41) is 8.96. The Balaban J connectivity index is 2.17. The van der Waals surface area contributed by atoms with E-state index in [1.165, 1.54) is 18.6 Å². The van der Waals surface area contributed by atoms with Gasteiger partial charge in [-0.15, -0.1) is 0 Å². The summed E-state index contributed by atoms with van der Waals surface area (Å²) in [6.07, 6.45) is 4.71. The van der Waals surface area contributed by atoms with Crippen LogP contribution >= 0.6 is 0 Å². The van der Waals surface area contributed by atoms with Gasteiger partial charge in [0.2, 0.25) is 0 Å². The Morgan fingerprint density at radius 2 is 2.11 bits per heavy atom. The number of rotatable bonds is 3. The lowest BCUT2D eigenvalue weighted by molar-refractivity contribution is 0.0694. The highest BCUT2D eigenvalue weighted by Crippen LogP contribution is 2.31. The minimum atomic E-state index is -0.962. The van der Waals surface area contributed by atoms with Gasteiger partial charge in [-0.25, -0.2) is 4.79 Å². The zero-order valence-corrected chi connectivity index (χ0v) is 10.6. The Labute approximate surface area is 107 Å². The number of nitrogens with two attached hydrogens (primary N) is 1. The van der Waals surface area contributed by atoms with Crippen LogP contribution in [0.2, 0.25) is 0 Å². The molecular weight excluding hydrogens is 230 g/mol. The van der Waals surface area contributed by atoms with Crippen molar-refractivity contribution in [1.29, 1.82) is 0 Å². The first kappa shape index (κ1) is 12.7. The van der Waals surface area contributed by atoms with E-state index in [2.05, 4.69) is 6.92 Å². The molecule has 1 aliphatic carbocycles. The molecule has 1 fully saturated rings. The number of hydrogen-bond acceptors (Lipinski definition) is 3. The monoisotopic (exact) mass is 249 g/mol. The van der Waals surface area contributed by atoms with Crippen molar-refractivity contribution < 1.29 is 14.6 Å². The zero-order chi connectivity index (χ0) is 13.1. The third-order valence-electron chi connectivity index (χ3n) is 3.57. The Hall–Kier alpha value is -1.71. The molecule has 2 unspecified atom stereocenters. The third kappa shape index (κ3) is 2.75. The molecule has 1 saturated carbocycles. The first-order chi connectivity index (χ1) is 8.58. The largest absolute Gasteiger partial charge is 0.488 e. The molecule has 0 bridgehead atoms. The molecule has 3 N–H and O–H groups in total. The van der Waals surface area contributed by atoms with Crippen molar-refractivity contribution in [3.8, 4) is 5.75 Å². The van der Waals surface area contributed by atoms with E-state index in [1.54, 1.807) is 6.07 Å². The van der Waals surface area contributed by atoms with Gasteiger partial charge in [0.25, 0.3) is 0 Å². The van der Waals surface area contributed by atoms with Crippen LogP contribution in [-0.2, 0) is 0 Å². The second kappa shape index (κ2) is 5.29. The molecule has 1 aliphatic rings. The third-order valence-corrected chi connectivity index (χ3v) is 3.57. The first-order valence-corrected chi connectivity index (χ1v) is 6.37. The van der Waals surface area contributed by atoms with Crippen LogP contribution in [0.4, 0.5) is 5.69 Å². The van der Waals surface area contributed by atoms with Crippen molar-refractivity contribution in [2.75, 3.05) is 5.73 Å². The molecular formula is C14H19NO3. The first-order valence-electron chi connectivity index (χ1n) is 6.37. The van der Waals surface area contributed by atoms with Gasteiger partial charge in [-0.3, -0.25) is 0 Å². The molecule has 0 saturated heterocycles. The van der Waals surface area contributed by atoms with Crippen LogP contribution in [-0.4, -0.2) is 17.2 Å². The molecule has 0 amide bonds. The Morgan fingerprint density at radius 3 is 2.78 bits per heavy atom. The summed E-state index contributed by atoms with van der Waals surface area (Å²) in [6, 6.07) is 4.60. The second-order valence-electron chi connectivity index (χ2n) is 4.98. The fourth-order valence-corrected chi connectivity index (χ4v) is 2.39. The molecule has 0 radical (unpaired) electrons. The average molecular weight is 249 g/mol. The molecule has 18 heavy (non-hydrogen) atoms. The van der Waals surface area contributed by atoms with Crippen LogP contribution in [0.25, 0.3) is 0 Å². The highest BCUT2D eigenvalue weighted by Gasteiger charge is 2.23. The molecule has 2 rings (SSSR count). The van der Waals surface area contributed by atoms with Gasteiger partial charge in [-0.1, -0.05) is 13.3 Å². The van der Waals surface area contributed by atoms with Gasteiger partial charge in [0.1, 0.15) is 11.9 Å². The summed E-state index contributed by atoms with van der Waals surface area (Å²) in [5.41, 5.74) is 6.54. The summed E-state index contributed by atoms with van der Waals surface area (Å²) < 4.78 is 5.90. The number of carbonyl (C=O) groups is 1. The van der Waals surface area contributed by atoms with Gasteiger partial charge in [0.05, 0.1) is 11.3 Å². The highest BCUT2D eigenvalue weighted by atomic mass is 16.5. The molecule has 0 spiro atoms. The van der Waals surface area contributed by atoms with Crippen LogP contribution in [0.15, 0.2) is 18.2 Å². The van der Waals surface area contributed by atoms with Crippen molar-refractivity contribution in [2.24, 2.45) is 5.92 Å². The number of carboxylic acid groups (broad SMARTS) is 1. The van der Waals surface area contributed by atoms with Crippen molar-refractivity contribution in [1.82, 2.24) is 0 Å². The normalized spacial score (nSPS) is 23.6. The van der Waals surface area contributed by atoms with Gasteiger partial charge < -0.3 is 15.6 Å². The quantitative estimate of drug-likeness (QED) is 0.808. The van der Waals surface area contributed by atoms with Gasteiger partial charge in [-0.2, -0.15) is 0 Å². The van der Waals surface area contributed by atoms with Crippen molar-refractivity contribution in [3.05, 3.63) is 23.8 Å². The number of benzene rings is 1. The van der Waals surface area contributed by atoms with Crippen LogP contribution in [0.5, 0.6) is 5.75 Å². The number of aromatic carboxylic acids is 1. The summed E-state index contributed by atoms with van der Waals surface area (Å²) >= 11 is 0. The molecule has 4 nitrogen and oxygen atoms in total. The summed E-state index contributed by atoms with van der Waals surface area (Å²) in [5.74, 6) is 0.0248. The maximum absolute atomic E-state index is 10.9.